The van der Waals surface area contributed by atoms with Gasteiger partial charge in [-0.05, 0) is 56.3 Å². The summed E-state index contributed by atoms with van der Waals surface area (Å²) in [7, 11) is 2.85. The molecule has 2 aromatic carbocycles. The van der Waals surface area contributed by atoms with Gasteiger partial charge in [0, 0.05) is 22.6 Å². The molecule has 0 aliphatic heterocycles. The van der Waals surface area contributed by atoms with Crippen molar-refractivity contribution in [3.05, 3.63) is 70.8 Å². The van der Waals surface area contributed by atoms with Crippen molar-refractivity contribution in [2.75, 3.05) is 14.2 Å². The van der Waals surface area contributed by atoms with Gasteiger partial charge in [0.15, 0.2) is 11.5 Å². The van der Waals surface area contributed by atoms with Crippen molar-refractivity contribution in [2.24, 2.45) is 5.10 Å². The Balaban J connectivity index is 1.80. The van der Waals surface area contributed by atoms with Crippen LogP contribution >= 0.6 is 0 Å². The van der Waals surface area contributed by atoms with E-state index in [0.29, 0.717) is 16.8 Å². The van der Waals surface area contributed by atoms with Crippen molar-refractivity contribution in [3.63, 3.8) is 0 Å². The Bertz CT molecular complexity index is 1080. The summed E-state index contributed by atoms with van der Waals surface area (Å²) >= 11 is 0. The number of benzene rings is 2. The van der Waals surface area contributed by atoms with Gasteiger partial charge in [-0.1, -0.05) is 0 Å². The number of carbonyl (C=O) groups excluding carboxylic acids is 1. The molecule has 0 atom stereocenters. The van der Waals surface area contributed by atoms with Gasteiger partial charge < -0.3 is 19.1 Å². The maximum absolute atomic E-state index is 13.2. The molecule has 0 bridgehead atoms. The third-order valence-electron chi connectivity index (χ3n) is 4.64. The van der Waals surface area contributed by atoms with E-state index in [1.807, 2.05) is 18.4 Å². The topological polar surface area (TPSA) is 85.1 Å². The molecule has 30 heavy (non-hydrogen) atoms. The van der Waals surface area contributed by atoms with Crippen LogP contribution in [0, 0.1) is 19.7 Å². The van der Waals surface area contributed by atoms with Gasteiger partial charge in [-0.2, -0.15) is 5.10 Å². The molecule has 8 heteroatoms. The SMILES string of the molecule is COc1cc(C=NNC(=O)c2cc(C)n(-c3ccc(F)cc3)c2C)cc(OC)c1O. The van der Waals surface area contributed by atoms with Gasteiger partial charge in [0.2, 0.25) is 5.75 Å². The highest BCUT2D eigenvalue weighted by Crippen LogP contribution is 2.36. The fourth-order valence-corrected chi connectivity index (χ4v) is 3.19. The van der Waals surface area contributed by atoms with E-state index in [1.165, 1.54) is 32.6 Å². The summed E-state index contributed by atoms with van der Waals surface area (Å²) in [6, 6.07) is 10.9. The molecule has 0 saturated heterocycles. The molecule has 0 aliphatic carbocycles. The van der Waals surface area contributed by atoms with Gasteiger partial charge in [-0.15, -0.1) is 0 Å². The Morgan fingerprint density at radius 2 is 1.70 bits per heavy atom. The third-order valence-corrected chi connectivity index (χ3v) is 4.64. The predicted molar refractivity (Wildman–Crippen MR) is 111 cm³/mol. The van der Waals surface area contributed by atoms with E-state index in [9.17, 15) is 14.3 Å². The number of rotatable bonds is 6. The quantitative estimate of drug-likeness (QED) is 0.478. The van der Waals surface area contributed by atoms with E-state index in [4.69, 9.17) is 9.47 Å². The summed E-state index contributed by atoms with van der Waals surface area (Å²) in [6.45, 7) is 3.68. The van der Waals surface area contributed by atoms with E-state index in [2.05, 4.69) is 10.5 Å². The van der Waals surface area contributed by atoms with E-state index < -0.39 is 0 Å². The van der Waals surface area contributed by atoms with Crippen LogP contribution in [-0.2, 0) is 0 Å². The highest BCUT2D eigenvalue weighted by atomic mass is 19.1. The Kier molecular flexibility index (Phi) is 6.06. The monoisotopic (exact) mass is 411 g/mol. The number of aromatic hydroxyl groups is 1. The molecule has 0 unspecified atom stereocenters. The Morgan fingerprint density at radius 1 is 1.10 bits per heavy atom. The first-order valence-corrected chi connectivity index (χ1v) is 9.09. The zero-order valence-electron chi connectivity index (χ0n) is 17.1. The molecule has 0 spiro atoms. The lowest BCUT2D eigenvalue weighted by atomic mass is 10.2. The summed E-state index contributed by atoms with van der Waals surface area (Å²) in [4.78, 5) is 12.6. The second-order valence-electron chi connectivity index (χ2n) is 6.57. The molecule has 1 amide bonds. The molecule has 156 valence electrons. The summed E-state index contributed by atoms with van der Waals surface area (Å²) in [5.74, 6) is -0.370. The van der Waals surface area contributed by atoms with Crippen molar-refractivity contribution < 1.29 is 23.8 Å². The molecule has 0 radical (unpaired) electrons. The number of carbonyl (C=O) groups is 1. The van der Waals surface area contributed by atoms with Crippen LogP contribution in [0.1, 0.15) is 27.3 Å². The zero-order chi connectivity index (χ0) is 21.8. The summed E-state index contributed by atoms with van der Waals surface area (Å²) in [5.41, 5.74) is 5.82. The fourth-order valence-electron chi connectivity index (χ4n) is 3.19. The number of nitrogens with one attached hydrogen (secondary N) is 1. The second kappa shape index (κ2) is 8.69. The van der Waals surface area contributed by atoms with E-state index in [1.54, 1.807) is 30.3 Å². The zero-order valence-corrected chi connectivity index (χ0v) is 17.1. The number of methoxy groups -OCH3 is 2. The minimum Gasteiger partial charge on any atom is -0.502 e. The summed E-state index contributed by atoms with van der Waals surface area (Å²) < 4.78 is 25.3. The third kappa shape index (κ3) is 4.12. The smallest absolute Gasteiger partial charge is 0.273 e. The summed E-state index contributed by atoms with van der Waals surface area (Å²) in [6.07, 6.45) is 1.42. The lowest BCUT2D eigenvalue weighted by Crippen LogP contribution is -2.18. The first kappa shape index (κ1) is 20.9. The predicted octanol–water partition coefficient (Wildman–Crippen LogP) is 3.72. The highest BCUT2D eigenvalue weighted by Gasteiger charge is 2.16. The number of ether oxygens (including phenoxy) is 2. The largest absolute Gasteiger partial charge is 0.502 e. The van der Waals surface area contributed by atoms with E-state index >= 15 is 0 Å². The maximum Gasteiger partial charge on any atom is 0.273 e. The van der Waals surface area contributed by atoms with Crippen LogP contribution in [0.25, 0.3) is 5.69 Å². The number of hydrogen-bond donors (Lipinski definition) is 2. The minimum absolute atomic E-state index is 0.116. The van der Waals surface area contributed by atoms with Crippen molar-refractivity contribution in [1.29, 1.82) is 0 Å². The molecule has 1 heterocycles. The second-order valence-corrected chi connectivity index (χ2v) is 6.57. The van der Waals surface area contributed by atoms with Crippen molar-refractivity contribution in [2.45, 2.75) is 13.8 Å². The van der Waals surface area contributed by atoms with Gasteiger partial charge in [-0.25, -0.2) is 9.82 Å². The van der Waals surface area contributed by atoms with Gasteiger partial charge in [0.05, 0.1) is 26.0 Å². The van der Waals surface area contributed by atoms with Crippen LogP contribution in [0.2, 0.25) is 0 Å². The molecule has 0 aliphatic rings. The molecule has 0 saturated carbocycles. The molecular weight excluding hydrogens is 389 g/mol. The molecule has 3 rings (SSSR count). The number of amides is 1. The average Bonchev–Trinajstić information content (AvgIpc) is 3.03. The number of aryl methyl sites for hydroxylation is 1. The van der Waals surface area contributed by atoms with Crippen LogP contribution < -0.4 is 14.9 Å². The van der Waals surface area contributed by atoms with Gasteiger partial charge in [0.1, 0.15) is 5.82 Å². The van der Waals surface area contributed by atoms with Crippen molar-refractivity contribution in [1.82, 2.24) is 9.99 Å². The molecule has 1 aromatic heterocycles. The first-order valence-electron chi connectivity index (χ1n) is 9.09. The highest BCUT2D eigenvalue weighted by molar-refractivity contribution is 5.96. The number of phenolic OH excluding ortho intramolecular Hbond substituents is 1. The Morgan fingerprint density at radius 3 is 2.27 bits per heavy atom. The fraction of sp³-hybridized carbons (Fsp3) is 0.182. The molecule has 3 aromatic rings. The van der Waals surface area contributed by atoms with Crippen molar-refractivity contribution in [3.8, 4) is 22.9 Å². The van der Waals surface area contributed by atoms with E-state index in [-0.39, 0.29) is 29.0 Å². The Hall–Kier alpha value is -3.81. The molecule has 0 fully saturated rings. The Labute approximate surface area is 173 Å². The van der Waals surface area contributed by atoms with Crippen LogP contribution in [-0.4, -0.2) is 36.0 Å². The molecular formula is C22H22FN3O4. The molecule has 7 nitrogen and oxygen atoms in total. The number of hydrazone groups is 1. The average molecular weight is 411 g/mol. The van der Waals surface area contributed by atoms with Gasteiger partial charge in [-0.3, -0.25) is 4.79 Å². The minimum atomic E-state index is -0.384. The number of aromatic nitrogens is 1. The summed E-state index contributed by atoms with van der Waals surface area (Å²) in [5, 5.41) is 13.9. The van der Waals surface area contributed by atoms with Crippen LogP contribution in [0.3, 0.4) is 0 Å². The molecule has 2 N–H and O–H groups in total. The number of phenols is 1. The van der Waals surface area contributed by atoms with Crippen LogP contribution in [0.5, 0.6) is 17.2 Å². The normalized spacial score (nSPS) is 11.0. The number of halogens is 1. The lowest BCUT2D eigenvalue weighted by Gasteiger charge is -2.10. The maximum atomic E-state index is 13.2. The van der Waals surface area contributed by atoms with Gasteiger partial charge >= 0.3 is 0 Å². The number of hydrogen-bond acceptors (Lipinski definition) is 5. The lowest BCUT2D eigenvalue weighted by molar-refractivity contribution is 0.0954. The van der Waals surface area contributed by atoms with Gasteiger partial charge in [0.25, 0.3) is 5.91 Å². The van der Waals surface area contributed by atoms with Crippen LogP contribution in [0.15, 0.2) is 47.6 Å². The van der Waals surface area contributed by atoms with Crippen molar-refractivity contribution >= 4 is 12.1 Å². The van der Waals surface area contributed by atoms with Crippen LogP contribution in [0.4, 0.5) is 4.39 Å². The standard InChI is InChI=1S/C22H22FN3O4/c1-13-9-18(14(2)26(13)17-7-5-16(23)6-8-17)22(28)25-24-12-15-10-19(29-3)21(27)20(11-15)30-4/h5-12,27H,1-4H3,(H,25,28). The number of nitrogens with zero attached hydrogens (tertiary/aromatic N) is 2. The van der Waals surface area contributed by atoms with E-state index in [0.717, 1.165) is 11.4 Å². The first-order chi connectivity index (χ1) is 14.3.